The zero-order valence-electron chi connectivity index (χ0n) is 14.3. The number of nitrogens with one attached hydrogen (secondary N) is 2. The highest BCUT2D eigenvalue weighted by Gasteiger charge is 2.11. The van der Waals surface area contributed by atoms with Gasteiger partial charge in [0.2, 0.25) is 5.91 Å². The van der Waals surface area contributed by atoms with Crippen molar-refractivity contribution in [1.29, 1.82) is 0 Å². The van der Waals surface area contributed by atoms with Gasteiger partial charge in [-0.15, -0.1) is 0 Å². The number of halogens is 1. The molecule has 2 rings (SSSR count). The number of aryl methyl sites for hydroxylation is 1. The number of hydrogen-bond acceptors (Lipinski definition) is 4. The van der Waals surface area contributed by atoms with Crippen molar-refractivity contribution in [2.75, 3.05) is 17.2 Å². The normalized spacial score (nSPS) is 10.1. The van der Waals surface area contributed by atoms with E-state index in [0.717, 1.165) is 10.0 Å². The molecule has 0 bridgehead atoms. The van der Waals surface area contributed by atoms with Crippen LogP contribution in [0.1, 0.15) is 18.4 Å². The van der Waals surface area contributed by atoms with Crippen LogP contribution < -0.4 is 10.6 Å². The van der Waals surface area contributed by atoms with Gasteiger partial charge in [-0.25, -0.2) is 0 Å². The molecule has 0 heterocycles. The molecule has 0 atom stereocenters. The third kappa shape index (κ3) is 7.06. The van der Waals surface area contributed by atoms with Gasteiger partial charge in [-0.2, -0.15) is 0 Å². The molecule has 136 valence electrons. The Labute approximate surface area is 160 Å². The first-order valence-electron chi connectivity index (χ1n) is 8.00. The molecule has 0 aliphatic carbocycles. The maximum absolute atomic E-state index is 11.8. The summed E-state index contributed by atoms with van der Waals surface area (Å²) >= 11 is 3.31. The van der Waals surface area contributed by atoms with Crippen molar-refractivity contribution in [1.82, 2.24) is 0 Å². The van der Waals surface area contributed by atoms with Gasteiger partial charge in [-0.1, -0.05) is 33.6 Å². The Morgan fingerprint density at radius 3 is 2.00 bits per heavy atom. The molecule has 0 spiro atoms. The molecule has 0 saturated carbocycles. The smallest absolute Gasteiger partial charge is 0.306 e. The van der Waals surface area contributed by atoms with Crippen molar-refractivity contribution >= 4 is 45.1 Å². The second-order valence-electron chi connectivity index (χ2n) is 5.63. The number of carbonyl (C=O) groups is 3. The number of rotatable bonds is 7. The molecule has 7 heteroatoms. The van der Waals surface area contributed by atoms with Gasteiger partial charge in [0.15, 0.2) is 6.61 Å². The molecule has 0 unspecified atom stereocenters. The lowest BCUT2D eigenvalue weighted by Crippen LogP contribution is -2.21. The van der Waals surface area contributed by atoms with Gasteiger partial charge in [0.1, 0.15) is 0 Å². The maximum atomic E-state index is 11.8. The zero-order chi connectivity index (χ0) is 18.9. The van der Waals surface area contributed by atoms with Crippen LogP contribution in [0, 0.1) is 6.92 Å². The zero-order valence-corrected chi connectivity index (χ0v) is 15.8. The molecule has 26 heavy (non-hydrogen) atoms. The Kier molecular flexibility index (Phi) is 7.35. The van der Waals surface area contributed by atoms with E-state index in [1.54, 1.807) is 36.4 Å². The van der Waals surface area contributed by atoms with E-state index >= 15 is 0 Å². The summed E-state index contributed by atoms with van der Waals surface area (Å²) in [7, 11) is 0. The van der Waals surface area contributed by atoms with E-state index in [0.29, 0.717) is 11.4 Å². The van der Waals surface area contributed by atoms with E-state index in [1.807, 2.05) is 19.1 Å². The first-order valence-corrected chi connectivity index (χ1v) is 8.79. The maximum Gasteiger partial charge on any atom is 0.306 e. The van der Waals surface area contributed by atoms with Crippen molar-refractivity contribution in [3.63, 3.8) is 0 Å². The summed E-state index contributed by atoms with van der Waals surface area (Å²) in [5.74, 6) is -1.33. The highest BCUT2D eigenvalue weighted by molar-refractivity contribution is 9.10. The van der Waals surface area contributed by atoms with E-state index < -0.39 is 11.9 Å². The Bertz CT molecular complexity index is 708. The number of hydrogen-bond donors (Lipinski definition) is 2. The average molecular weight is 419 g/mol. The predicted octanol–water partition coefficient (Wildman–Crippen LogP) is 3.66. The minimum atomic E-state index is -0.602. The third-order valence-electron chi connectivity index (χ3n) is 3.38. The number of carbonyl (C=O) groups excluding carboxylic acids is 3. The molecule has 2 aromatic rings. The highest BCUT2D eigenvalue weighted by Crippen LogP contribution is 2.14. The van der Waals surface area contributed by atoms with Crippen LogP contribution in [-0.4, -0.2) is 24.4 Å². The topological polar surface area (TPSA) is 84.5 Å². The molecule has 0 fully saturated rings. The number of benzene rings is 2. The largest absolute Gasteiger partial charge is 0.456 e. The van der Waals surface area contributed by atoms with Gasteiger partial charge >= 0.3 is 5.97 Å². The molecule has 0 aliphatic heterocycles. The third-order valence-corrected chi connectivity index (χ3v) is 3.91. The molecule has 2 amide bonds. The van der Waals surface area contributed by atoms with E-state index in [2.05, 4.69) is 26.6 Å². The summed E-state index contributed by atoms with van der Waals surface area (Å²) in [6.07, 6.45) is -0.116. The number of esters is 1. The fourth-order valence-electron chi connectivity index (χ4n) is 2.02. The summed E-state index contributed by atoms with van der Waals surface area (Å²) in [6, 6.07) is 14.4. The van der Waals surface area contributed by atoms with Crippen LogP contribution in [-0.2, 0) is 19.1 Å². The summed E-state index contributed by atoms with van der Waals surface area (Å²) in [6.45, 7) is 1.56. The predicted molar refractivity (Wildman–Crippen MR) is 103 cm³/mol. The van der Waals surface area contributed by atoms with Crippen LogP contribution in [0.4, 0.5) is 11.4 Å². The first-order chi connectivity index (χ1) is 12.4. The molecule has 0 aliphatic rings. The summed E-state index contributed by atoms with van der Waals surface area (Å²) in [5.41, 5.74) is 2.35. The molecule has 0 radical (unpaired) electrons. The lowest BCUT2D eigenvalue weighted by molar-refractivity contribution is -0.147. The van der Waals surface area contributed by atoms with E-state index in [-0.39, 0.29) is 25.4 Å². The standard InChI is InChI=1S/C19H19BrN2O4/c1-13-2-6-15(7-3-13)22-18(24)12-26-19(25)11-10-17(23)21-16-8-4-14(20)5-9-16/h2-9H,10-12H2,1H3,(H,21,23)(H,22,24). The fourth-order valence-corrected chi connectivity index (χ4v) is 2.29. The van der Waals surface area contributed by atoms with Crippen LogP contribution in [0.3, 0.4) is 0 Å². The lowest BCUT2D eigenvalue weighted by Gasteiger charge is -2.07. The molecule has 6 nitrogen and oxygen atoms in total. The van der Waals surface area contributed by atoms with Crippen LogP contribution in [0.5, 0.6) is 0 Å². The van der Waals surface area contributed by atoms with Crippen LogP contribution in [0.15, 0.2) is 53.0 Å². The first kappa shape index (κ1) is 19.7. The SMILES string of the molecule is Cc1ccc(NC(=O)COC(=O)CCC(=O)Nc2ccc(Br)cc2)cc1. The van der Waals surface area contributed by atoms with Gasteiger partial charge in [0.25, 0.3) is 5.91 Å². The van der Waals surface area contributed by atoms with Crippen LogP contribution in [0.2, 0.25) is 0 Å². The van der Waals surface area contributed by atoms with E-state index in [4.69, 9.17) is 4.74 Å². The second-order valence-corrected chi connectivity index (χ2v) is 6.55. The average Bonchev–Trinajstić information content (AvgIpc) is 2.62. The molecule has 0 aromatic heterocycles. The highest BCUT2D eigenvalue weighted by atomic mass is 79.9. The van der Waals surface area contributed by atoms with E-state index in [1.165, 1.54) is 0 Å². The molecular formula is C19H19BrN2O4. The Hall–Kier alpha value is -2.67. The minimum Gasteiger partial charge on any atom is -0.456 e. The van der Waals surface area contributed by atoms with Gasteiger partial charge < -0.3 is 15.4 Å². The van der Waals surface area contributed by atoms with E-state index in [9.17, 15) is 14.4 Å². The van der Waals surface area contributed by atoms with Crippen LogP contribution >= 0.6 is 15.9 Å². The number of amides is 2. The summed E-state index contributed by atoms with van der Waals surface area (Å²) < 4.78 is 5.78. The lowest BCUT2D eigenvalue weighted by atomic mass is 10.2. The Balaban J connectivity index is 1.66. The molecule has 2 N–H and O–H groups in total. The number of ether oxygens (including phenoxy) is 1. The summed E-state index contributed by atoms with van der Waals surface area (Å²) in [4.78, 5) is 35.2. The molecule has 2 aromatic carbocycles. The van der Waals surface area contributed by atoms with Crippen molar-refractivity contribution in [2.24, 2.45) is 0 Å². The second kappa shape index (κ2) is 9.72. The summed E-state index contributed by atoms with van der Waals surface area (Å²) in [5, 5.41) is 5.31. The van der Waals surface area contributed by atoms with Gasteiger partial charge in [-0.3, -0.25) is 14.4 Å². The fraction of sp³-hybridized carbons (Fsp3) is 0.211. The minimum absolute atomic E-state index is 0.0194. The molecular weight excluding hydrogens is 400 g/mol. The van der Waals surface area contributed by atoms with Crippen molar-refractivity contribution < 1.29 is 19.1 Å². The Morgan fingerprint density at radius 1 is 0.846 bits per heavy atom. The monoisotopic (exact) mass is 418 g/mol. The van der Waals surface area contributed by atoms with Crippen molar-refractivity contribution in [2.45, 2.75) is 19.8 Å². The van der Waals surface area contributed by atoms with Gasteiger partial charge in [-0.05, 0) is 43.3 Å². The van der Waals surface area contributed by atoms with Gasteiger partial charge in [0.05, 0.1) is 6.42 Å². The quantitative estimate of drug-likeness (QED) is 0.671. The van der Waals surface area contributed by atoms with Crippen LogP contribution in [0.25, 0.3) is 0 Å². The Morgan fingerprint density at radius 2 is 1.38 bits per heavy atom. The van der Waals surface area contributed by atoms with Crippen molar-refractivity contribution in [3.8, 4) is 0 Å². The van der Waals surface area contributed by atoms with Crippen molar-refractivity contribution in [3.05, 3.63) is 58.6 Å². The molecule has 0 saturated heterocycles. The van der Waals surface area contributed by atoms with Gasteiger partial charge in [0, 0.05) is 22.3 Å². The number of anilines is 2.